The van der Waals surface area contributed by atoms with E-state index >= 15 is 0 Å². The molecule has 0 aliphatic carbocycles. The Bertz CT molecular complexity index is 1030. The first-order valence-electron chi connectivity index (χ1n) is 11.4. The van der Waals surface area contributed by atoms with Crippen LogP contribution in [0.2, 0.25) is 0 Å². The van der Waals surface area contributed by atoms with E-state index in [1.807, 2.05) is 72.8 Å². The van der Waals surface area contributed by atoms with Crippen molar-refractivity contribution in [2.24, 2.45) is 5.73 Å². The number of nitrogens with two attached hydrogens (primary N) is 1. The Kier molecular flexibility index (Phi) is 10.7. The number of nitrogens with zero attached hydrogens (tertiary/aromatic N) is 2. The number of hydrazine groups is 1. The minimum Gasteiger partial charge on any atom is -0.443 e. The molecule has 1 heterocycles. The number of hydrogen-bond acceptors (Lipinski definition) is 6. The molecule has 188 valence electrons. The molecular weight excluding hydrogens is 464 g/mol. The van der Waals surface area contributed by atoms with Crippen molar-refractivity contribution in [2.45, 2.75) is 51.5 Å². The summed E-state index contributed by atoms with van der Waals surface area (Å²) in [6.07, 6.45) is 0.848. The lowest BCUT2D eigenvalue weighted by Crippen LogP contribution is -2.51. The van der Waals surface area contributed by atoms with Crippen molar-refractivity contribution in [3.05, 3.63) is 90.1 Å². The Balaban J connectivity index is 0.00000432. The van der Waals surface area contributed by atoms with Crippen molar-refractivity contribution in [3.8, 4) is 11.3 Å². The Morgan fingerprint density at radius 2 is 1.69 bits per heavy atom. The third kappa shape index (κ3) is 9.66. The minimum absolute atomic E-state index is 0. The molecule has 1 aromatic heterocycles. The van der Waals surface area contributed by atoms with Crippen molar-refractivity contribution in [3.63, 3.8) is 0 Å². The zero-order chi connectivity index (χ0) is 24.6. The van der Waals surface area contributed by atoms with Crippen LogP contribution in [0.1, 0.15) is 31.9 Å². The average Bonchev–Trinajstić information content (AvgIpc) is 2.79. The Hall–Kier alpha value is -2.97. The topological polar surface area (TPSA) is 101 Å². The largest absolute Gasteiger partial charge is 0.443 e. The van der Waals surface area contributed by atoms with E-state index in [1.165, 1.54) is 0 Å². The summed E-state index contributed by atoms with van der Waals surface area (Å²) in [5.41, 5.74) is 12.3. The molecule has 7 nitrogen and oxygen atoms in total. The van der Waals surface area contributed by atoms with Gasteiger partial charge in [0.05, 0.1) is 11.8 Å². The van der Waals surface area contributed by atoms with Crippen LogP contribution in [0, 0.1) is 0 Å². The van der Waals surface area contributed by atoms with Crippen LogP contribution in [-0.2, 0) is 17.7 Å². The lowest BCUT2D eigenvalue weighted by Gasteiger charge is -2.29. The highest BCUT2D eigenvalue weighted by atomic mass is 35.5. The molecular formula is C27H35ClN4O3. The molecule has 0 aliphatic heterocycles. The maximum atomic E-state index is 12.4. The lowest BCUT2D eigenvalue weighted by molar-refractivity contribution is 0.0171. The number of rotatable bonds is 9. The predicted octanol–water partition coefficient (Wildman–Crippen LogP) is 4.34. The van der Waals surface area contributed by atoms with Crippen LogP contribution in [0.3, 0.4) is 0 Å². The molecule has 2 atom stereocenters. The molecule has 0 fully saturated rings. The predicted molar refractivity (Wildman–Crippen MR) is 141 cm³/mol. The molecule has 0 radical (unpaired) electrons. The highest BCUT2D eigenvalue weighted by Gasteiger charge is 2.23. The van der Waals surface area contributed by atoms with Gasteiger partial charge >= 0.3 is 6.09 Å². The molecule has 0 aliphatic rings. The van der Waals surface area contributed by atoms with Gasteiger partial charge in [-0.1, -0.05) is 60.7 Å². The molecule has 0 saturated carbocycles. The SMILES string of the molecule is CC(C)(C)OC(=O)NN(Cc1ccc(-c2ccccn2)cc1)CC(O)C(N)Cc1ccccc1.Cl. The average molecular weight is 499 g/mol. The van der Waals surface area contributed by atoms with Crippen molar-refractivity contribution in [2.75, 3.05) is 6.54 Å². The first kappa shape index (κ1) is 28.3. The van der Waals surface area contributed by atoms with Gasteiger partial charge in [-0.2, -0.15) is 0 Å². The van der Waals surface area contributed by atoms with E-state index < -0.39 is 23.8 Å². The number of halogens is 1. The Morgan fingerprint density at radius 1 is 1.03 bits per heavy atom. The van der Waals surface area contributed by atoms with Gasteiger partial charge in [-0.05, 0) is 50.5 Å². The Labute approximate surface area is 213 Å². The number of aliphatic hydroxyl groups excluding tert-OH is 1. The van der Waals surface area contributed by atoms with E-state index in [-0.39, 0.29) is 19.0 Å². The highest BCUT2D eigenvalue weighted by Crippen LogP contribution is 2.18. The molecule has 1 amide bonds. The fraction of sp³-hybridized carbons (Fsp3) is 0.333. The summed E-state index contributed by atoms with van der Waals surface area (Å²) >= 11 is 0. The number of pyridine rings is 1. The van der Waals surface area contributed by atoms with Gasteiger partial charge in [0, 0.05) is 30.9 Å². The quantitative estimate of drug-likeness (QED) is 0.379. The summed E-state index contributed by atoms with van der Waals surface area (Å²) in [4.78, 5) is 16.8. The van der Waals surface area contributed by atoms with E-state index in [0.29, 0.717) is 13.0 Å². The van der Waals surface area contributed by atoms with Gasteiger partial charge in [0.1, 0.15) is 5.60 Å². The van der Waals surface area contributed by atoms with Gasteiger partial charge < -0.3 is 15.6 Å². The molecule has 0 spiro atoms. The number of hydrogen-bond donors (Lipinski definition) is 3. The van der Waals surface area contributed by atoms with E-state index in [0.717, 1.165) is 22.4 Å². The number of carbonyl (C=O) groups is 1. The van der Waals surface area contributed by atoms with Crippen LogP contribution < -0.4 is 11.2 Å². The van der Waals surface area contributed by atoms with Crippen LogP contribution in [0.15, 0.2) is 79.0 Å². The van der Waals surface area contributed by atoms with E-state index in [4.69, 9.17) is 10.5 Å². The van der Waals surface area contributed by atoms with Crippen LogP contribution >= 0.6 is 12.4 Å². The number of ether oxygens (including phenoxy) is 1. The molecule has 0 saturated heterocycles. The fourth-order valence-electron chi connectivity index (χ4n) is 3.50. The molecule has 2 aromatic carbocycles. The second kappa shape index (κ2) is 13.2. The molecule has 35 heavy (non-hydrogen) atoms. The fourth-order valence-corrected chi connectivity index (χ4v) is 3.50. The van der Waals surface area contributed by atoms with Gasteiger partial charge in [0.15, 0.2) is 0 Å². The molecule has 2 unspecified atom stereocenters. The highest BCUT2D eigenvalue weighted by molar-refractivity contribution is 5.85. The van der Waals surface area contributed by atoms with Crippen LogP contribution in [0.4, 0.5) is 4.79 Å². The molecule has 4 N–H and O–H groups in total. The summed E-state index contributed by atoms with van der Waals surface area (Å²) < 4.78 is 5.41. The number of nitrogens with one attached hydrogen (secondary N) is 1. The summed E-state index contributed by atoms with van der Waals surface area (Å²) in [5, 5.41) is 12.4. The van der Waals surface area contributed by atoms with Crippen LogP contribution in [0.5, 0.6) is 0 Å². The van der Waals surface area contributed by atoms with Gasteiger partial charge in [-0.15, -0.1) is 12.4 Å². The lowest BCUT2D eigenvalue weighted by atomic mass is 10.0. The monoisotopic (exact) mass is 498 g/mol. The van der Waals surface area contributed by atoms with Crippen LogP contribution in [-0.4, -0.2) is 45.5 Å². The first-order chi connectivity index (χ1) is 16.2. The molecule has 3 aromatic rings. The zero-order valence-electron chi connectivity index (χ0n) is 20.4. The minimum atomic E-state index is -0.858. The van der Waals surface area contributed by atoms with Crippen molar-refractivity contribution in [1.29, 1.82) is 0 Å². The Morgan fingerprint density at radius 3 is 2.29 bits per heavy atom. The van der Waals surface area contributed by atoms with E-state index in [1.54, 1.807) is 32.0 Å². The standard InChI is InChI=1S/C27H34N4O3.ClH/c1-27(2,3)34-26(33)30-31(19-25(32)23(28)17-20-9-5-4-6-10-20)18-21-12-14-22(15-13-21)24-11-7-8-16-29-24;/h4-16,23,25,32H,17-19,28H2,1-3H3,(H,30,33);1H. The van der Waals surface area contributed by atoms with Gasteiger partial charge in [-0.25, -0.2) is 9.80 Å². The number of benzene rings is 2. The number of aliphatic hydroxyl groups is 1. The number of aromatic nitrogens is 1. The molecule has 0 bridgehead atoms. The normalized spacial score (nSPS) is 13.0. The third-order valence-electron chi connectivity index (χ3n) is 5.15. The third-order valence-corrected chi connectivity index (χ3v) is 5.15. The summed E-state index contributed by atoms with van der Waals surface area (Å²) in [6, 6.07) is 23.0. The van der Waals surface area contributed by atoms with Crippen LogP contribution in [0.25, 0.3) is 11.3 Å². The number of amides is 1. The summed E-state index contributed by atoms with van der Waals surface area (Å²) in [5.74, 6) is 0. The molecule has 8 heteroatoms. The summed E-state index contributed by atoms with van der Waals surface area (Å²) in [7, 11) is 0. The van der Waals surface area contributed by atoms with Gasteiger partial charge in [-0.3, -0.25) is 10.4 Å². The maximum Gasteiger partial charge on any atom is 0.422 e. The van der Waals surface area contributed by atoms with Gasteiger partial charge in [0.2, 0.25) is 0 Å². The zero-order valence-corrected chi connectivity index (χ0v) is 21.2. The van der Waals surface area contributed by atoms with Crippen molar-refractivity contribution in [1.82, 2.24) is 15.4 Å². The van der Waals surface area contributed by atoms with E-state index in [9.17, 15) is 9.90 Å². The summed E-state index contributed by atoms with van der Waals surface area (Å²) in [6.45, 7) is 5.93. The van der Waals surface area contributed by atoms with E-state index in [2.05, 4.69) is 10.4 Å². The second-order valence-corrected chi connectivity index (χ2v) is 9.33. The van der Waals surface area contributed by atoms with Crippen molar-refractivity contribution < 1.29 is 14.6 Å². The first-order valence-corrected chi connectivity index (χ1v) is 11.4. The maximum absolute atomic E-state index is 12.4. The second-order valence-electron chi connectivity index (χ2n) is 9.33. The number of carbonyl (C=O) groups excluding carboxylic acids is 1. The molecule has 3 rings (SSSR count). The van der Waals surface area contributed by atoms with Gasteiger partial charge in [0.25, 0.3) is 0 Å². The van der Waals surface area contributed by atoms with Crippen molar-refractivity contribution >= 4 is 18.5 Å². The smallest absolute Gasteiger partial charge is 0.422 e.